The van der Waals surface area contributed by atoms with E-state index in [9.17, 15) is 5.11 Å². The Morgan fingerprint density at radius 2 is 2.25 bits per heavy atom. The first-order valence-electron chi connectivity index (χ1n) is 4.97. The Kier molecular flexibility index (Phi) is 3.94. The average Bonchev–Trinajstić information content (AvgIpc) is 2.28. The maximum Gasteiger partial charge on any atom is 0.0992 e. The van der Waals surface area contributed by atoms with Crippen molar-refractivity contribution in [3.05, 3.63) is 29.3 Å². The topological polar surface area (TPSA) is 47.3 Å². The van der Waals surface area contributed by atoms with Crippen LogP contribution in [0.3, 0.4) is 0 Å². The second-order valence-electron chi connectivity index (χ2n) is 3.62. The van der Waals surface area contributed by atoms with Gasteiger partial charge in [-0.3, -0.25) is 0 Å². The zero-order chi connectivity index (χ0) is 12.1. The van der Waals surface area contributed by atoms with Crippen LogP contribution < -0.4 is 4.90 Å². The largest absolute Gasteiger partial charge is 0.389 e. The highest BCUT2D eigenvalue weighted by atomic mass is 16.3. The molecule has 1 aromatic rings. The van der Waals surface area contributed by atoms with Gasteiger partial charge in [0.15, 0.2) is 0 Å². The fourth-order valence-electron chi connectivity index (χ4n) is 1.52. The lowest BCUT2D eigenvalue weighted by atomic mass is 10.0. The normalized spacial score (nSPS) is 11.3. The van der Waals surface area contributed by atoms with Crippen LogP contribution in [0.1, 0.15) is 24.2 Å². The SMILES string of the molecule is C#CCN(C)c1cc(C#N)ccc1C(C)O. The molecule has 0 aliphatic heterocycles. The lowest BCUT2D eigenvalue weighted by Crippen LogP contribution is -2.19. The summed E-state index contributed by atoms with van der Waals surface area (Å²) in [6, 6.07) is 7.25. The summed E-state index contributed by atoms with van der Waals surface area (Å²) in [4.78, 5) is 1.84. The van der Waals surface area contributed by atoms with Crippen LogP contribution in [0, 0.1) is 23.7 Å². The van der Waals surface area contributed by atoms with E-state index in [1.165, 1.54) is 0 Å². The van der Waals surface area contributed by atoms with E-state index >= 15 is 0 Å². The van der Waals surface area contributed by atoms with Crippen molar-refractivity contribution in [2.45, 2.75) is 13.0 Å². The summed E-state index contributed by atoms with van der Waals surface area (Å²) in [5, 5.41) is 18.5. The third-order valence-corrected chi connectivity index (χ3v) is 2.35. The molecule has 3 nitrogen and oxygen atoms in total. The van der Waals surface area contributed by atoms with Crippen LogP contribution in [0.5, 0.6) is 0 Å². The molecule has 0 saturated heterocycles. The maximum absolute atomic E-state index is 9.62. The zero-order valence-electron chi connectivity index (χ0n) is 9.44. The van der Waals surface area contributed by atoms with Gasteiger partial charge in [-0.05, 0) is 19.1 Å². The Hall–Kier alpha value is -1.97. The molecular weight excluding hydrogens is 200 g/mol. The van der Waals surface area contributed by atoms with Crippen LogP contribution in [0.2, 0.25) is 0 Å². The van der Waals surface area contributed by atoms with Crippen molar-refractivity contribution < 1.29 is 5.11 Å². The summed E-state index contributed by atoms with van der Waals surface area (Å²) in [6.07, 6.45) is 4.66. The third kappa shape index (κ3) is 2.53. The summed E-state index contributed by atoms with van der Waals surface area (Å²) in [5.41, 5.74) is 2.13. The number of hydrogen-bond donors (Lipinski definition) is 1. The van der Waals surface area contributed by atoms with Gasteiger partial charge in [-0.1, -0.05) is 12.0 Å². The number of rotatable bonds is 3. The quantitative estimate of drug-likeness (QED) is 0.779. The van der Waals surface area contributed by atoms with Gasteiger partial charge >= 0.3 is 0 Å². The molecule has 0 heterocycles. The lowest BCUT2D eigenvalue weighted by molar-refractivity contribution is 0.199. The Morgan fingerprint density at radius 1 is 1.56 bits per heavy atom. The second-order valence-corrected chi connectivity index (χ2v) is 3.62. The van der Waals surface area contributed by atoms with Crippen LogP contribution >= 0.6 is 0 Å². The number of aliphatic hydroxyl groups is 1. The van der Waals surface area contributed by atoms with Crippen molar-refractivity contribution in [2.24, 2.45) is 0 Å². The molecule has 0 amide bonds. The van der Waals surface area contributed by atoms with E-state index in [1.54, 1.807) is 25.1 Å². The van der Waals surface area contributed by atoms with E-state index < -0.39 is 6.10 Å². The summed E-state index contributed by atoms with van der Waals surface area (Å²) in [5.74, 6) is 2.53. The number of anilines is 1. The van der Waals surface area contributed by atoms with Crippen LogP contribution in [0.4, 0.5) is 5.69 Å². The molecule has 0 bridgehead atoms. The van der Waals surface area contributed by atoms with Gasteiger partial charge in [0, 0.05) is 18.3 Å². The minimum Gasteiger partial charge on any atom is -0.389 e. The van der Waals surface area contributed by atoms with Crippen LogP contribution in [-0.4, -0.2) is 18.7 Å². The Morgan fingerprint density at radius 3 is 2.75 bits per heavy atom. The molecule has 1 atom stereocenters. The van der Waals surface area contributed by atoms with Gasteiger partial charge in [0.2, 0.25) is 0 Å². The molecule has 16 heavy (non-hydrogen) atoms. The molecule has 0 fully saturated rings. The van der Waals surface area contributed by atoms with Crippen LogP contribution in [0.25, 0.3) is 0 Å². The van der Waals surface area contributed by atoms with Crippen molar-refractivity contribution in [3.63, 3.8) is 0 Å². The van der Waals surface area contributed by atoms with Crippen LogP contribution in [0.15, 0.2) is 18.2 Å². The van der Waals surface area contributed by atoms with E-state index in [0.29, 0.717) is 12.1 Å². The Bertz CT molecular complexity index is 452. The highest BCUT2D eigenvalue weighted by Crippen LogP contribution is 2.26. The average molecular weight is 214 g/mol. The molecule has 1 aromatic carbocycles. The fourth-order valence-corrected chi connectivity index (χ4v) is 1.52. The Labute approximate surface area is 95.9 Å². The molecular formula is C13H14N2O. The van der Waals surface area contributed by atoms with Gasteiger partial charge in [0.25, 0.3) is 0 Å². The van der Waals surface area contributed by atoms with Crippen molar-refractivity contribution in [1.29, 1.82) is 5.26 Å². The zero-order valence-corrected chi connectivity index (χ0v) is 9.44. The standard InChI is InChI=1S/C13H14N2O/c1-4-7-15(3)13-8-11(9-14)5-6-12(13)10(2)16/h1,5-6,8,10,16H,7H2,2-3H3. The number of nitriles is 1. The van der Waals surface area contributed by atoms with Gasteiger partial charge in [0.1, 0.15) is 0 Å². The maximum atomic E-state index is 9.62. The van der Waals surface area contributed by atoms with E-state index in [4.69, 9.17) is 11.7 Å². The number of benzene rings is 1. The van der Waals surface area contributed by atoms with Gasteiger partial charge < -0.3 is 10.0 Å². The highest BCUT2D eigenvalue weighted by molar-refractivity contribution is 5.58. The van der Waals surface area contributed by atoms with E-state index in [1.807, 2.05) is 11.9 Å². The minimum absolute atomic E-state index is 0.439. The molecule has 1 unspecified atom stereocenters. The van der Waals surface area contributed by atoms with Crippen molar-refractivity contribution in [2.75, 3.05) is 18.5 Å². The molecule has 0 radical (unpaired) electrons. The molecule has 82 valence electrons. The molecule has 0 saturated carbocycles. The molecule has 1 rings (SSSR count). The van der Waals surface area contributed by atoms with Crippen molar-refractivity contribution in [1.82, 2.24) is 0 Å². The predicted octanol–water partition coefficient (Wildman–Crippen LogP) is 1.68. The number of terminal acetylenes is 1. The number of hydrogen-bond acceptors (Lipinski definition) is 3. The molecule has 0 aliphatic carbocycles. The molecule has 0 spiro atoms. The molecule has 0 aliphatic rings. The minimum atomic E-state index is -0.581. The van der Waals surface area contributed by atoms with Gasteiger partial charge in [-0.25, -0.2) is 0 Å². The van der Waals surface area contributed by atoms with E-state index in [-0.39, 0.29) is 0 Å². The van der Waals surface area contributed by atoms with Crippen molar-refractivity contribution >= 4 is 5.69 Å². The molecule has 1 N–H and O–H groups in total. The predicted molar refractivity (Wildman–Crippen MR) is 63.9 cm³/mol. The lowest BCUT2D eigenvalue weighted by Gasteiger charge is -2.21. The van der Waals surface area contributed by atoms with Gasteiger partial charge in [-0.15, -0.1) is 6.42 Å². The van der Waals surface area contributed by atoms with E-state index in [2.05, 4.69) is 12.0 Å². The first-order valence-corrected chi connectivity index (χ1v) is 4.97. The summed E-state index contributed by atoms with van der Waals surface area (Å²) in [7, 11) is 1.84. The smallest absolute Gasteiger partial charge is 0.0992 e. The monoisotopic (exact) mass is 214 g/mol. The Balaban J connectivity index is 3.22. The highest BCUT2D eigenvalue weighted by Gasteiger charge is 2.11. The van der Waals surface area contributed by atoms with E-state index in [0.717, 1.165) is 11.3 Å². The van der Waals surface area contributed by atoms with Gasteiger partial charge in [-0.2, -0.15) is 5.26 Å². The summed E-state index contributed by atoms with van der Waals surface area (Å²) >= 11 is 0. The number of nitrogens with zero attached hydrogens (tertiary/aromatic N) is 2. The third-order valence-electron chi connectivity index (χ3n) is 2.35. The summed E-state index contributed by atoms with van der Waals surface area (Å²) in [6.45, 7) is 2.13. The fraction of sp³-hybridized carbons (Fsp3) is 0.308. The van der Waals surface area contributed by atoms with Crippen LogP contribution in [-0.2, 0) is 0 Å². The first kappa shape index (κ1) is 12.1. The first-order chi connectivity index (χ1) is 7.60. The second kappa shape index (κ2) is 5.21. The molecule has 3 heteroatoms. The summed E-state index contributed by atoms with van der Waals surface area (Å²) < 4.78 is 0. The molecule has 0 aromatic heterocycles. The van der Waals surface area contributed by atoms with Gasteiger partial charge in [0.05, 0.1) is 24.3 Å². The van der Waals surface area contributed by atoms with Crippen molar-refractivity contribution in [3.8, 4) is 18.4 Å². The number of aliphatic hydroxyl groups excluding tert-OH is 1.